The van der Waals surface area contributed by atoms with Crippen LogP contribution in [-0.4, -0.2) is 16.0 Å². The second-order valence-electron chi connectivity index (χ2n) is 4.02. The van der Waals surface area contributed by atoms with E-state index in [1.807, 2.05) is 0 Å². The van der Waals surface area contributed by atoms with Crippen LogP contribution in [0.3, 0.4) is 0 Å². The third-order valence-corrected chi connectivity index (χ3v) is 2.85. The number of hydrogen-bond acceptors (Lipinski definition) is 4. The van der Waals surface area contributed by atoms with Crippen LogP contribution < -0.4 is 10.9 Å². The Bertz CT molecular complexity index is 777. The molecule has 0 unspecified atom stereocenters. The summed E-state index contributed by atoms with van der Waals surface area (Å²) in [4.78, 5) is 22.9. The minimum absolute atomic E-state index is 0.119. The zero-order valence-corrected chi connectivity index (χ0v) is 9.37. The predicted molar refractivity (Wildman–Crippen MR) is 64.6 cm³/mol. The molecule has 0 spiro atoms. The van der Waals surface area contributed by atoms with Crippen molar-refractivity contribution in [3.63, 3.8) is 0 Å². The standard InChI is InChI=1S/C12H8FN3O2/c1-5(17)8-4-9-10-6(12(18)16-15-9)2-3-7(13)11(10)14-8/h2-4,14H,1H3,(H,16,18). The summed E-state index contributed by atoms with van der Waals surface area (Å²) >= 11 is 0. The molecule has 1 aliphatic heterocycles. The first-order valence-corrected chi connectivity index (χ1v) is 5.28. The van der Waals surface area contributed by atoms with Gasteiger partial charge in [-0.3, -0.25) is 9.59 Å². The fourth-order valence-electron chi connectivity index (χ4n) is 1.98. The van der Waals surface area contributed by atoms with Crippen molar-refractivity contribution in [3.05, 3.63) is 39.7 Å². The molecule has 0 radical (unpaired) electrons. The second kappa shape index (κ2) is 3.49. The number of halogens is 1. The summed E-state index contributed by atoms with van der Waals surface area (Å²) in [6, 6.07) is 2.58. The lowest BCUT2D eigenvalue weighted by molar-refractivity contribution is -0.113. The number of aromatic nitrogens is 2. The highest BCUT2D eigenvalue weighted by molar-refractivity contribution is 6.09. The molecule has 18 heavy (non-hydrogen) atoms. The molecule has 0 fully saturated rings. The first-order valence-electron chi connectivity index (χ1n) is 5.28. The smallest absolute Gasteiger partial charge is 0.272 e. The number of anilines is 1. The highest BCUT2D eigenvalue weighted by Gasteiger charge is 2.20. The maximum Gasteiger partial charge on any atom is 0.272 e. The zero-order chi connectivity index (χ0) is 12.9. The fraction of sp³-hybridized carbons (Fsp3) is 0.0833. The SMILES string of the molecule is CC(=O)C1=Cc2n[nH]c(=O)c3ccc(F)c(c23)N1. The molecule has 1 aliphatic rings. The molecule has 2 N–H and O–H groups in total. The molecular formula is C12H8FN3O2. The van der Waals surface area contributed by atoms with Crippen LogP contribution in [0.15, 0.2) is 22.6 Å². The molecule has 3 rings (SSSR count). The summed E-state index contributed by atoms with van der Waals surface area (Å²) < 4.78 is 13.8. The highest BCUT2D eigenvalue weighted by Crippen LogP contribution is 2.32. The normalized spacial score (nSPS) is 13.1. The van der Waals surface area contributed by atoms with Gasteiger partial charge >= 0.3 is 0 Å². The predicted octanol–water partition coefficient (Wildman–Crippen LogP) is 1.42. The van der Waals surface area contributed by atoms with E-state index < -0.39 is 11.4 Å². The number of aromatic amines is 1. The summed E-state index contributed by atoms with van der Waals surface area (Å²) in [5, 5.41) is 9.59. The van der Waals surface area contributed by atoms with Gasteiger partial charge in [0.1, 0.15) is 5.82 Å². The summed E-state index contributed by atoms with van der Waals surface area (Å²) in [6.07, 6.45) is 1.49. The third kappa shape index (κ3) is 1.35. The van der Waals surface area contributed by atoms with Crippen molar-refractivity contribution < 1.29 is 9.18 Å². The van der Waals surface area contributed by atoms with E-state index in [0.29, 0.717) is 16.5 Å². The Balaban J connectivity index is 2.46. The molecule has 1 aromatic heterocycles. The number of allylic oxidation sites excluding steroid dienone is 1. The molecule has 5 nitrogen and oxygen atoms in total. The Morgan fingerprint density at radius 3 is 2.89 bits per heavy atom. The Kier molecular flexibility index (Phi) is 2.07. The first kappa shape index (κ1) is 10.6. The van der Waals surface area contributed by atoms with Crippen molar-refractivity contribution in [2.75, 3.05) is 5.32 Å². The molecule has 2 heterocycles. The number of nitrogens with one attached hydrogen (secondary N) is 2. The molecule has 0 bridgehead atoms. The first-order chi connectivity index (χ1) is 8.58. The van der Waals surface area contributed by atoms with Crippen molar-refractivity contribution in [2.45, 2.75) is 6.92 Å². The van der Waals surface area contributed by atoms with Gasteiger partial charge in [0.05, 0.1) is 22.5 Å². The van der Waals surface area contributed by atoms with Crippen LogP contribution in [0.2, 0.25) is 0 Å². The van der Waals surface area contributed by atoms with E-state index in [1.165, 1.54) is 25.1 Å². The molecule has 0 saturated carbocycles. The molecule has 0 saturated heterocycles. The van der Waals surface area contributed by atoms with Crippen LogP contribution >= 0.6 is 0 Å². The number of nitrogens with zero attached hydrogens (tertiary/aromatic N) is 1. The topological polar surface area (TPSA) is 74.8 Å². The number of H-pyrrole nitrogens is 1. The lowest BCUT2D eigenvalue weighted by atomic mass is 10.0. The summed E-state index contributed by atoms with van der Waals surface area (Å²) in [7, 11) is 0. The van der Waals surface area contributed by atoms with Crippen LogP contribution in [0.5, 0.6) is 0 Å². The van der Waals surface area contributed by atoms with E-state index in [0.717, 1.165) is 0 Å². The Morgan fingerprint density at radius 1 is 1.39 bits per heavy atom. The van der Waals surface area contributed by atoms with Gasteiger partial charge in [0.15, 0.2) is 5.78 Å². The maximum absolute atomic E-state index is 13.8. The fourth-order valence-corrected chi connectivity index (χ4v) is 1.98. The lowest BCUT2D eigenvalue weighted by Crippen LogP contribution is -2.17. The number of carbonyl (C=O) groups is 1. The zero-order valence-electron chi connectivity index (χ0n) is 9.37. The number of carbonyl (C=O) groups excluding carboxylic acids is 1. The van der Waals surface area contributed by atoms with Crippen molar-refractivity contribution in [3.8, 4) is 0 Å². The van der Waals surface area contributed by atoms with Crippen molar-refractivity contribution in [2.24, 2.45) is 0 Å². The van der Waals surface area contributed by atoms with Crippen LogP contribution in [0, 0.1) is 5.82 Å². The largest absolute Gasteiger partial charge is 0.350 e. The number of hydrogen-bond donors (Lipinski definition) is 2. The van der Waals surface area contributed by atoms with Gasteiger partial charge in [-0.2, -0.15) is 5.10 Å². The molecule has 0 aliphatic carbocycles. The molecule has 0 atom stereocenters. The van der Waals surface area contributed by atoms with E-state index in [1.54, 1.807) is 0 Å². The minimum Gasteiger partial charge on any atom is -0.350 e. The van der Waals surface area contributed by atoms with Gasteiger partial charge in [0.2, 0.25) is 0 Å². The molecule has 1 aromatic carbocycles. The average molecular weight is 245 g/mol. The Morgan fingerprint density at radius 2 is 2.17 bits per heavy atom. The van der Waals surface area contributed by atoms with Gasteiger partial charge in [-0.15, -0.1) is 0 Å². The number of ketones is 1. The van der Waals surface area contributed by atoms with E-state index in [4.69, 9.17) is 0 Å². The van der Waals surface area contributed by atoms with Gasteiger partial charge in [0, 0.05) is 12.3 Å². The van der Waals surface area contributed by atoms with Crippen molar-refractivity contribution >= 4 is 28.3 Å². The van der Waals surface area contributed by atoms with Crippen LogP contribution in [-0.2, 0) is 4.79 Å². The number of benzene rings is 1. The van der Waals surface area contributed by atoms with Gasteiger partial charge in [0.25, 0.3) is 5.56 Å². The van der Waals surface area contributed by atoms with Gasteiger partial charge in [-0.05, 0) is 18.2 Å². The molecule has 2 aromatic rings. The second-order valence-corrected chi connectivity index (χ2v) is 4.02. The summed E-state index contributed by atoms with van der Waals surface area (Å²) in [5.41, 5.74) is 0.349. The maximum atomic E-state index is 13.8. The van der Waals surface area contributed by atoms with E-state index in [9.17, 15) is 14.0 Å². The van der Waals surface area contributed by atoms with Crippen molar-refractivity contribution in [1.29, 1.82) is 0 Å². The number of rotatable bonds is 1. The molecule has 6 heteroatoms. The van der Waals surface area contributed by atoms with Crippen LogP contribution in [0.4, 0.5) is 10.1 Å². The molecule has 0 amide bonds. The number of Topliss-reactive ketones (excluding diaryl/α,β-unsaturated/α-hetero) is 1. The van der Waals surface area contributed by atoms with Gasteiger partial charge < -0.3 is 5.32 Å². The van der Waals surface area contributed by atoms with Crippen LogP contribution in [0.25, 0.3) is 16.8 Å². The lowest BCUT2D eigenvalue weighted by Gasteiger charge is -2.17. The van der Waals surface area contributed by atoms with Crippen molar-refractivity contribution in [1.82, 2.24) is 10.2 Å². The highest BCUT2D eigenvalue weighted by atomic mass is 19.1. The molecular weight excluding hydrogens is 237 g/mol. The summed E-state index contributed by atoms with van der Waals surface area (Å²) in [5.74, 6) is -0.756. The Labute approximate surface area is 100 Å². The monoisotopic (exact) mass is 245 g/mol. The van der Waals surface area contributed by atoms with Gasteiger partial charge in [-0.1, -0.05) is 0 Å². The van der Waals surface area contributed by atoms with Crippen LogP contribution in [0.1, 0.15) is 12.6 Å². The third-order valence-electron chi connectivity index (χ3n) is 2.85. The van der Waals surface area contributed by atoms with E-state index in [-0.39, 0.29) is 17.2 Å². The molecule has 90 valence electrons. The van der Waals surface area contributed by atoms with E-state index in [2.05, 4.69) is 15.5 Å². The average Bonchev–Trinajstić information content (AvgIpc) is 2.35. The van der Waals surface area contributed by atoms with E-state index >= 15 is 0 Å². The Hall–Kier alpha value is -2.50. The quantitative estimate of drug-likeness (QED) is 0.796. The minimum atomic E-state index is -0.525. The summed E-state index contributed by atoms with van der Waals surface area (Å²) in [6.45, 7) is 1.37. The van der Waals surface area contributed by atoms with Gasteiger partial charge in [-0.25, -0.2) is 9.49 Å².